The predicted octanol–water partition coefficient (Wildman–Crippen LogP) is 2.82. The molecule has 0 amide bonds. The van der Waals surface area contributed by atoms with Gasteiger partial charge in [0.05, 0.1) is 22.8 Å². The van der Waals surface area contributed by atoms with Crippen molar-refractivity contribution >= 4 is 16.7 Å². The average molecular weight is 267 g/mol. The Morgan fingerprint density at radius 3 is 2.80 bits per heavy atom. The molecular weight excluding hydrogens is 250 g/mol. The Balaban J connectivity index is 1.87. The van der Waals surface area contributed by atoms with Crippen molar-refractivity contribution < 1.29 is 5.11 Å². The third kappa shape index (κ3) is 2.45. The molecule has 0 atom stereocenters. The van der Waals surface area contributed by atoms with E-state index in [4.69, 9.17) is 0 Å². The average Bonchev–Trinajstić information content (AvgIpc) is 2.91. The van der Waals surface area contributed by atoms with Crippen molar-refractivity contribution in [3.05, 3.63) is 35.9 Å². The molecule has 1 aliphatic carbocycles. The van der Waals surface area contributed by atoms with Crippen LogP contribution < -0.4 is 5.32 Å². The summed E-state index contributed by atoms with van der Waals surface area (Å²) in [4.78, 5) is 4.50. The van der Waals surface area contributed by atoms with Gasteiger partial charge in [0.15, 0.2) is 0 Å². The number of rotatable bonds is 3. The third-order valence-corrected chi connectivity index (χ3v) is 3.97. The van der Waals surface area contributed by atoms with E-state index in [1.54, 1.807) is 6.07 Å². The van der Waals surface area contributed by atoms with Gasteiger partial charge in [-0.05, 0) is 25.0 Å². The van der Waals surface area contributed by atoms with Crippen LogP contribution in [0.2, 0.25) is 0 Å². The smallest absolute Gasteiger partial charge is 0.128 e. The van der Waals surface area contributed by atoms with Gasteiger partial charge in [0.2, 0.25) is 0 Å². The van der Waals surface area contributed by atoms with Crippen LogP contribution in [0.25, 0.3) is 10.9 Å². The number of anilines is 1. The summed E-state index contributed by atoms with van der Waals surface area (Å²) in [6.45, 7) is 0.489. The van der Waals surface area contributed by atoms with Crippen LogP contribution in [0.3, 0.4) is 0 Å². The van der Waals surface area contributed by atoms with Crippen LogP contribution in [-0.4, -0.2) is 22.2 Å². The highest BCUT2D eigenvalue weighted by atomic mass is 16.3. The maximum Gasteiger partial charge on any atom is 0.128 e. The molecule has 2 N–H and O–H groups in total. The standard InChI is InChI=1S/C16H17N3O/c17-10-12-9-15(18-11-16(20)7-3-4-8-16)19-14-6-2-1-5-13(12)14/h1-2,5-6,9,20H,3-4,7-8,11H2,(H,18,19). The van der Waals surface area contributed by atoms with E-state index in [9.17, 15) is 10.4 Å². The number of aliphatic hydroxyl groups is 1. The highest BCUT2D eigenvalue weighted by Gasteiger charge is 2.30. The Morgan fingerprint density at radius 2 is 2.05 bits per heavy atom. The molecule has 20 heavy (non-hydrogen) atoms. The van der Waals surface area contributed by atoms with Crippen LogP contribution in [0.5, 0.6) is 0 Å². The SMILES string of the molecule is N#Cc1cc(NCC2(O)CCCC2)nc2ccccc12. The molecule has 4 nitrogen and oxygen atoms in total. The summed E-state index contributed by atoms with van der Waals surface area (Å²) in [5.41, 5.74) is 0.782. The van der Waals surface area contributed by atoms with Crippen molar-refractivity contribution in [3.63, 3.8) is 0 Å². The number of nitriles is 1. The molecule has 1 aromatic carbocycles. The van der Waals surface area contributed by atoms with Gasteiger partial charge < -0.3 is 10.4 Å². The molecule has 4 heteroatoms. The molecule has 1 heterocycles. The summed E-state index contributed by atoms with van der Waals surface area (Å²) >= 11 is 0. The zero-order valence-electron chi connectivity index (χ0n) is 11.3. The minimum atomic E-state index is -0.625. The normalized spacial score (nSPS) is 17.0. The fourth-order valence-corrected chi connectivity index (χ4v) is 2.82. The highest BCUT2D eigenvalue weighted by Crippen LogP contribution is 2.29. The maximum absolute atomic E-state index is 10.3. The Labute approximate surface area is 118 Å². The summed E-state index contributed by atoms with van der Waals surface area (Å²) in [5.74, 6) is 0.653. The first-order valence-corrected chi connectivity index (χ1v) is 6.96. The molecular formula is C16H17N3O. The number of aromatic nitrogens is 1. The second kappa shape index (κ2) is 5.10. The summed E-state index contributed by atoms with van der Waals surface area (Å²) in [6, 6.07) is 11.6. The van der Waals surface area contributed by atoms with Crippen LogP contribution >= 0.6 is 0 Å². The molecule has 1 saturated carbocycles. The van der Waals surface area contributed by atoms with E-state index in [1.807, 2.05) is 24.3 Å². The van der Waals surface area contributed by atoms with Crippen LogP contribution in [-0.2, 0) is 0 Å². The molecule has 0 spiro atoms. The summed E-state index contributed by atoms with van der Waals surface area (Å²) in [6.07, 6.45) is 3.82. The topological polar surface area (TPSA) is 68.9 Å². The molecule has 0 bridgehead atoms. The number of fused-ring (bicyclic) bond motifs is 1. The lowest BCUT2D eigenvalue weighted by atomic mass is 10.0. The number of nitrogens with one attached hydrogen (secondary N) is 1. The zero-order valence-corrected chi connectivity index (χ0v) is 11.3. The summed E-state index contributed by atoms with van der Waals surface area (Å²) < 4.78 is 0. The molecule has 0 unspecified atom stereocenters. The lowest BCUT2D eigenvalue weighted by molar-refractivity contribution is 0.0614. The number of benzene rings is 1. The van der Waals surface area contributed by atoms with Gasteiger partial charge in [0.1, 0.15) is 5.82 Å². The van der Waals surface area contributed by atoms with Gasteiger partial charge in [-0.3, -0.25) is 0 Å². The highest BCUT2D eigenvalue weighted by molar-refractivity contribution is 5.86. The van der Waals surface area contributed by atoms with Crippen molar-refractivity contribution in [2.75, 3.05) is 11.9 Å². The van der Waals surface area contributed by atoms with Crippen molar-refractivity contribution in [1.82, 2.24) is 4.98 Å². The van der Waals surface area contributed by atoms with E-state index in [0.29, 0.717) is 17.9 Å². The van der Waals surface area contributed by atoms with Gasteiger partial charge in [-0.15, -0.1) is 0 Å². The minimum absolute atomic E-state index is 0.489. The Kier molecular flexibility index (Phi) is 3.29. The zero-order chi connectivity index (χ0) is 14.0. The van der Waals surface area contributed by atoms with E-state index < -0.39 is 5.60 Å². The number of para-hydroxylation sites is 1. The van der Waals surface area contributed by atoms with Crippen LogP contribution in [0, 0.1) is 11.3 Å². The fourth-order valence-electron chi connectivity index (χ4n) is 2.82. The van der Waals surface area contributed by atoms with E-state index in [0.717, 1.165) is 36.6 Å². The largest absolute Gasteiger partial charge is 0.388 e. The number of nitrogens with zero attached hydrogens (tertiary/aromatic N) is 2. The van der Waals surface area contributed by atoms with Gasteiger partial charge in [-0.25, -0.2) is 4.98 Å². The van der Waals surface area contributed by atoms with Crippen LogP contribution in [0.1, 0.15) is 31.2 Å². The second-order valence-corrected chi connectivity index (χ2v) is 5.47. The van der Waals surface area contributed by atoms with E-state index in [-0.39, 0.29) is 0 Å². The predicted molar refractivity (Wildman–Crippen MR) is 78.4 cm³/mol. The Hall–Kier alpha value is -2.12. The molecule has 3 rings (SSSR count). The van der Waals surface area contributed by atoms with Crippen LogP contribution in [0.4, 0.5) is 5.82 Å². The van der Waals surface area contributed by atoms with Crippen molar-refractivity contribution in [2.45, 2.75) is 31.3 Å². The molecule has 0 saturated heterocycles. The van der Waals surface area contributed by atoms with Crippen molar-refractivity contribution in [2.24, 2.45) is 0 Å². The van der Waals surface area contributed by atoms with Crippen molar-refractivity contribution in [1.29, 1.82) is 5.26 Å². The van der Waals surface area contributed by atoms with Crippen molar-refractivity contribution in [3.8, 4) is 6.07 Å². The number of hydrogen-bond acceptors (Lipinski definition) is 4. The molecule has 0 aliphatic heterocycles. The van der Waals surface area contributed by atoms with Gasteiger partial charge in [0, 0.05) is 11.9 Å². The molecule has 0 radical (unpaired) electrons. The second-order valence-electron chi connectivity index (χ2n) is 5.47. The molecule has 102 valence electrons. The monoisotopic (exact) mass is 267 g/mol. The fraction of sp³-hybridized carbons (Fsp3) is 0.375. The van der Waals surface area contributed by atoms with Gasteiger partial charge in [0.25, 0.3) is 0 Å². The summed E-state index contributed by atoms with van der Waals surface area (Å²) in [5, 5.41) is 23.6. The maximum atomic E-state index is 10.3. The van der Waals surface area contributed by atoms with Gasteiger partial charge in [-0.2, -0.15) is 5.26 Å². The lowest BCUT2D eigenvalue weighted by Crippen LogP contribution is -2.33. The minimum Gasteiger partial charge on any atom is -0.388 e. The van der Waals surface area contributed by atoms with E-state index in [2.05, 4.69) is 16.4 Å². The lowest BCUT2D eigenvalue weighted by Gasteiger charge is -2.22. The molecule has 2 aromatic rings. The Morgan fingerprint density at radius 1 is 1.30 bits per heavy atom. The molecule has 1 aliphatic rings. The number of hydrogen-bond donors (Lipinski definition) is 2. The molecule has 1 fully saturated rings. The quantitative estimate of drug-likeness (QED) is 0.897. The molecule has 1 aromatic heterocycles. The first-order chi connectivity index (χ1) is 9.70. The van der Waals surface area contributed by atoms with Gasteiger partial charge >= 0.3 is 0 Å². The first-order valence-electron chi connectivity index (χ1n) is 6.96. The number of pyridine rings is 1. The summed E-state index contributed by atoms with van der Waals surface area (Å²) in [7, 11) is 0. The van der Waals surface area contributed by atoms with E-state index >= 15 is 0 Å². The van der Waals surface area contributed by atoms with Crippen LogP contribution in [0.15, 0.2) is 30.3 Å². The Bertz CT molecular complexity index is 669. The van der Waals surface area contributed by atoms with E-state index in [1.165, 1.54) is 0 Å². The van der Waals surface area contributed by atoms with Gasteiger partial charge in [-0.1, -0.05) is 31.0 Å². The third-order valence-electron chi connectivity index (χ3n) is 3.97. The first kappa shape index (κ1) is 12.9.